The minimum atomic E-state index is 0. The van der Waals surface area contributed by atoms with Gasteiger partial charge in [0.25, 0.3) is 0 Å². The third kappa shape index (κ3) is 5.10. The highest BCUT2D eigenvalue weighted by Crippen LogP contribution is 2.33. The number of ether oxygens (including phenoxy) is 1. The van der Waals surface area contributed by atoms with Gasteiger partial charge in [-0.25, -0.2) is 0 Å². The van der Waals surface area contributed by atoms with Gasteiger partial charge in [-0.3, -0.25) is 0 Å². The van der Waals surface area contributed by atoms with Gasteiger partial charge < -0.3 is 10.1 Å². The van der Waals surface area contributed by atoms with E-state index in [2.05, 4.69) is 35.0 Å². The van der Waals surface area contributed by atoms with Gasteiger partial charge in [-0.2, -0.15) is 0 Å². The average Bonchev–Trinajstić information content (AvgIpc) is 3.03. The normalized spacial score (nSPS) is 16.9. The molecule has 1 N–H and O–H groups in total. The Morgan fingerprint density at radius 3 is 2.83 bits per heavy atom. The maximum absolute atomic E-state index is 6.46. The second-order valence-corrected chi connectivity index (χ2v) is 7.41. The van der Waals surface area contributed by atoms with Crippen LogP contribution in [0.3, 0.4) is 0 Å². The molecule has 23 heavy (non-hydrogen) atoms. The van der Waals surface area contributed by atoms with E-state index in [0.29, 0.717) is 6.10 Å². The number of rotatable bonds is 7. The van der Waals surface area contributed by atoms with Crippen LogP contribution in [0.4, 0.5) is 0 Å². The van der Waals surface area contributed by atoms with Gasteiger partial charge in [-0.05, 0) is 55.9 Å². The molecule has 1 aliphatic rings. The molecule has 1 atom stereocenters. The zero-order valence-corrected chi connectivity index (χ0v) is 15.6. The molecule has 0 spiro atoms. The molecule has 0 radical (unpaired) electrons. The molecule has 1 aromatic heterocycles. The van der Waals surface area contributed by atoms with Crippen LogP contribution in [-0.2, 0) is 0 Å². The Morgan fingerprint density at radius 1 is 1.22 bits per heavy atom. The molecule has 128 valence electrons. The standard InChI is InChI=1S/C19H27NOS.ClH/c1-20-12-10-16(14-15-6-3-2-4-7-15)21-18-8-5-9-19-17(18)11-13-22-19;/h5,8-9,11,13,15-16,20H,2-4,6-7,10,12,14H2,1H3;1H. The lowest BCUT2D eigenvalue weighted by Gasteiger charge is -2.27. The maximum Gasteiger partial charge on any atom is 0.128 e. The van der Waals surface area contributed by atoms with Crippen LogP contribution in [0.1, 0.15) is 44.9 Å². The van der Waals surface area contributed by atoms with Gasteiger partial charge in [0.2, 0.25) is 0 Å². The Kier molecular flexibility index (Phi) is 7.68. The van der Waals surface area contributed by atoms with Crippen LogP contribution in [0, 0.1) is 5.92 Å². The third-order valence-electron chi connectivity index (χ3n) is 4.79. The van der Waals surface area contributed by atoms with E-state index in [0.717, 1.165) is 24.6 Å². The van der Waals surface area contributed by atoms with Crippen LogP contribution in [0.2, 0.25) is 0 Å². The minimum Gasteiger partial charge on any atom is -0.490 e. The number of hydrogen-bond donors (Lipinski definition) is 1. The van der Waals surface area contributed by atoms with Crippen LogP contribution in [0.25, 0.3) is 10.1 Å². The minimum absolute atomic E-state index is 0. The van der Waals surface area contributed by atoms with Crippen LogP contribution < -0.4 is 10.1 Å². The number of fused-ring (bicyclic) bond motifs is 1. The molecular weight excluding hydrogens is 326 g/mol. The highest BCUT2D eigenvalue weighted by atomic mass is 35.5. The third-order valence-corrected chi connectivity index (χ3v) is 5.67. The monoisotopic (exact) mass is 353 g/mol. The van der Waals surface area contributed by atoms with E-state index in [1.165, 1.54) is 48.6 Å². The lowest BCUT2D eigenvalue weighted by Crippen LogP contribution is -2.26. The van der Waals surface area contributed by atoms with Crippen molar-refractivity contribution in [1.29, 1.82) is 0 Å². The first-order chi connectivity index (χ1) is 10.9. The summed E-state index contributed by atoms with van der Waals surface area (Å²) in [6.07, 6.45) is 9.65. The molecule has 0 bridgehead atoms. The highest BCUT2D eigenvalue weighted by molar-refractivity contribution is 7.17. The number of benzene rings is 1. The van der Waals surface area contributed by atoms with Crippen molar-refractivity contribution in [2.75, 3.05) is 13.6 Å². The van der Waals surface area contributed by atoms with Crippen molar-refractivity contribution in [3.05, 3.63) is 29.6 Å². The predicted molar refractivity (Wildman–Crippen MR) is 103 cm³/mol. The van der Waals surface area contributed by atoms with Crippen LogP contribution in [0.5, 0.6) is 5.75 Å². The molecule has 2 nitrogen and oxygen atoms in total. The SMILES string of the molecule is CNCCC(CC1CCCCC1)Oc1cccc2sccc12.Cl. The van der Waals surface area contributed by atoms with Gasteiger partial charge in [0.05, 0.1) is 0 Å². The van der Waals surface area contributed by atoms with Crippen molar-refractivity contribution in [3.8, 4) is 5.75 Å². The van der Waals surface area contributed by atoms with Crippen molar-refractivity contribution < 1.29 is 4.74 Å². The molecule has 1 fully saturated rings. The summed E-state index contributed by atoms with van der Waals surface area (Å²) in [4.78, 5) is 0. The van der Waals surface area contributed by atoms with Crippen molar-refractivity contribution in [1.82, 2.24) is 5.32 Å². The summed E-state index contributed by atoms with van der Waals surface area (Å²) in [6.45, 7) is 1.02. The smallest absolute Gasteiger partial charge is 0.128 e. The molecule has 4 heteroatoms. The van der Waals surface area contributed by atoms with E-state index < -0.39 is 0 Å². The molecular formula is C19H28ClNOS. The molecule has 0 amide bonds. The van der Waals surface area contributed by atoms with Gasteiger partial charge in [0.1, 0.15) is 11.9 Å². The Bertz CT molecular complexity index is 580. The number of nitrogens with one attached hydrogen (secondary N) is 1. The fourth-order valence-electron chi connectivity index (χ4n) is 3.57. The van der Waals surface area contributed by atoms with E-state index in [1.54, 1.807) is 11.3 Å². The second kappa shape index (κ2) is 9.51. The van der Waals surface area contributed by atoms with Crippen LogP contribution in [0.15, 0.2) is 29.6 Å². The number of halogens is 1. The fraction of sp³-hybridized carbons (Fsp3) is 0.579. The van der Waals surface area contributed by atoms with E-state index in [9.17, 15) is 0 Å². The summed E-state index contributed by atoms with van der Waals surface area (Å²) in [5.41, 5.74) is 0. The highest BCUT2D eigenvalue weighted by Gasteiger charge is 2.20. The van der Waals surface area contributed by atoms with Gasteiger partial charge >= 0.3 is 0 Å². The maximum atomic E-state index is 6.46. The molecule has 2 aromatic rings. The van der Waals surface area contributed by atoms with Gasteiger partial charge in [-0.15, -0.1) is 23.7 Å². The molecule has 0 saturated heterocycles. The Morgan fingerprint density at radius 2 is 2.04 bits per heavy atom. The second-order valence-electron chi connectivity index (χ2n) is 6.46. The molecule has 1 heterocycles. The molecule has 1 saturated carbocycles. The quantitative estimate of drug-likeness (QED) is 0.694. The lowest BCUT2D eigenvalue weighted by molar-refractivity contribution is 0.146. The largest absolute Gasteiger partial charge is 0.490 e. The molecule has 1 aliphatic carbocycles. The van der Waals surface area contributed by atoms with Crippen molar-refractivity contribution in [2.24, 2.45) is 5.92 Å². The van der Waals surface area contributed by atoms with Crippen LogP contribution >= 0.6 is 23.7 Å². The first kappa shape index (κ1) is 18.6. The van der Waals surface area contributed by atoms with E-state index in [1.807, 2.05) is 7.05 Å². The van der Waals surface area contributed by atoms with E-state index >= 15 is 0 Å². The molecule has 3 rings (SSSR count). The predicted octanol–water partition coefficient (Wildman–Crippen LogP) is 5.65. The van der Waals surface area contributed by atoms with Crippen molar-refractivity contribution in [2.45, 2.75) is 51.0 Å². The van der Waals surface area contributed by atoms with E-state index in [4.69, 9.17) is 4.74 Å². The fourth-order valence-corrected chi connectivity index (χ4v) is 4.38. The molecule has 1 aromatic carbocycles. The van der Waals surface area contributed by atoms with Crippen molar-refractivity contribution >= 4 is 33.8 Å². The van der Waals surface area contributed by atoms with E-state index in [-0.39, 0.29) is 12.4 Å². The first-order valence-corrected chi connectivity index (χ1v) is 9.52. The van der Waals surface area contributed by atoms with Gasteiger partial charge in [-0.1, -0.05) is 38.2 Å². The Labute approximate surface area is 150 Å². The number of thiophene rings is 1. The first-order valence-electron chi connectivity index (χ1n) is 8.64. The lowest BCUT2D eigenvalue weighted by atomic mass is 9.85. The summed E-state index contributed by atoms with van der Waals surface area (Å²) in [7, 11) is 2.03. The summed E-state index contributed by atoms with van der Waals surface area (Å²) in [5.74, 6) is 1.92. The Balaban J connectivity index is 0.00000192. The zero-order chi connectivity index (χ0) is 15.2. The summed E-state index contributed by atoms with van der Waals surface area (Å²) in [6, 6.07) is 8.61. The Hall–Kier alpha value is -0.770. The zero-order valence-electron chi connectivity index (χ0n) is 13.9. The van der Waals surface area contributed by atoms with Gasteiger partial charge in [0, 0.05) is 10.1 Å². The van der Waals surface area contributed by atoms with Crippen LogP contribution in [-0.4, -0.2) is 19.7 Å². The topological polar surface area (TPSA) is 21.3 Å². The molecule has 0 aliphatic heterocycles. The molecule has 1 unspecified atom stereocenters. The van der Waals surface area contributed by atoms with Gasteiger partial charge in [0.15, 0.2) is 0 Å². The summed E-state index contributed by atoms with van der Waals surface area (Å²) in [5, 5.41) is 6.70. The summed E-state index contributed by atoms with van der Waals surface area (Å²) < 4.78 is 7.78. The number of hydrogen-bond acceptors (Lipinski definition) is 3. The summed E-state index contributed by atoms with van der Waals surface area (Å²) >= 11 is 1.79. The van der Waals surface area contributed by atoms with Crippen molar-refractivity contribution in [3.63, 3.8) is 0 Å². The average molecular weight is 354 g/mol.